The first kappa shape index (κ1) is 14.8. The molecule has 0 amide bonds. The Kier molecular flexibility index (Phi) is 5.30. The van der Waals surface area contributed by atoms with Gasteiger partial charge in [-0.05, 0) is 49.1 Å². The van der Waals surface area contributed by atoms with E-state index in [4.69, 9.17) is 23.2 Å². The smallest absolute Gasteiger partial charge is 0.0454 e. The molecule has 0 aliphatic heterocycles. The van der Waals surface area contributed by atoms with Crippen molar-refractivity contribution in [2.45, 2.75) is 40.2 Å². The Morgan fingerprint density at radius 3 is 2.47 bits per heavy atom. The van der Waals surface area contributed by atoms with Gasteiger partial charge >= 0.3 is 0 Å². The van der Waals surface area contributed by atoms with Crippen LogP contribution < -0.4 is 5.32 Å². The first-order valence-corrected chi connectivity index (χ1v) is 6.73. The molecule has 1 N–H and O–H groups in total. The maximum atomic E-state index is 6.16. The third-order valence-corrected chi connectivity index (χ3v) is 3.33. The zero-order chi connectivity index (χ0) is 13.1. The number of nitrogens with one attached hydrogen (secondary N) is 1. The van der Waals surface area contributed by atoms with Gasteiger partial charge in [0.2, 0.25) is 0 Å². The van der Waals surface area contributed by atoms with E-state index < -0.39 is 0 Å². The van der Waals surface area contributed by atoms with Crippen LogP contribution >= 0.6 is 23.2 Å². The highest BCUT2D eigenvalue weighted by atomic mass is 35.5. The number of halogens is 2. The van der Waals surface area contributed by atoms with Crippen LogP contribution in [0.15, 0.2) is 18.2 Å². The summed E-state index contributed by atoms with van der Waals surface area (Å²) in [5.41, 5.74) is 1.42. The maximum absolute atomic E-state index is 6.16. The first-order valence-electron chi connectivity index (χ1n) is 5.98. The lowest BCUT2D eigenvalue weighted by molar-refractivity contribution is 0.358. The van der Waals surface area contributed by atoms with E-state index in [2.05, 4.69) is 33.0 Å². The fourth-order valence-electron chi connectivity index (χ4n) is 1.62. The maximum Gasteiger partial charge on any atom is 0.0454 e. The highest BCUT2D eigenvalue weighted by Crippen LogP contribution is 2.26. The van der Waals surface area contributed by atoms with Gasteiger partial charge in [-0.3, -0.25) is 0 Å². The molecule has 0 radical (unpaired) electrons. The molecule has 0 aromatic heterocycles. The summed E-state index contributed by atoms with van der Waals surface area (Å²) in [5.74, 6) is 0. The monoisotopic (exact) mass is 273 g/mol. The largest absolute Gasteiger partial charge is 0.310 e. The molecule has 1 atom stereocenters. The van der Waals surface area contributed by atoms with E-state index in [-0.39, 0.29) is 6.04 Å². The third kappa shape index (κ3) is 5.29. The Balaban J connectivity index is 2.58. The van der Waals surface area contributed by atoms with Crippen molar-refractivity contribution in [1.29, 1.82) is 0 Å². The van der Waals surface area contributed by atoms with Crippen molar-refractivity contribution < 1.29 is 0 Å². The van der Waals surface area contributed by atoms with Crippen molar-refractivity contribution in [3.8, 4) is 0 Å². The molecule has 3 heteroatoms. The van der Waals surface area contributed by atoms with Crippen molar-refractivity contribution in [3.05, 3.63) is 33.8 Å². The topological polar surface area (TPSA) is 12.0 Å². The van der Waals surface area contributed by atoms with Gasteiger partial charge in [0.05, 0.1) is 0 Å². The molecule has 0 saturated heterocycles. The summed E-state index contributed by atoms with van der Waals surface area (Å²) in [6.07, 6.45) is 1.13. The highest BCUT2D eigenvalue weighted by Gasteiger charge is 2.13. The second-order valence-corrected chi connectivity index (χ2v) is 6.50. The molecule has 0 aliphatic rings. The Morgan fingerprint density at radius 1 is 1.24 bits per heavy atom. The molecule has 96 valence electrons. The Bertz CT molecular complexity index is 369. The summed E-state index contributed by atoms with van der Waals surface area (Å²) in [7, 11) is 0. The molecule has 0 saturated carbocycles. The summed E-state index contributed by atoms with van der Waals surface area (Å²) in [6, 6.07) is 5.82. The minimum absolute atomic E-state index is 0.226. The summed E-state index contributed by atoms with van der Waals surface area (Å²) in [4.78, 5) is 0. The molecule has 1 aromatic rings. The molecular weight excluding hydrogens is 253 g/mol. The normalized spacial score (nSPS) is 13.8. The molecule has 1 rings (SSSR count). The zero-order valence-electron chi connectivity index (χ0n) is 11.0. The fourth-order valence-corrected chi connectivity index (χ4v) is 2.08. The molecule has 0 aliphatic carbocycles. The van der Waals surface area contributed by atoms with E-state index >= 15 is 0 Å². The summed E-state index contributed by atoms with van der Waals surface area (Å²) < 4.78 is 0. The van der Waals surface area contributed by atoms with Crippen molar-refractivity contribution in [3.63, 3.8) is 0 Å². The lowest BCUT2D eigenvalue weighted by atomic mass is 9.92. The van der Waals surface area contributed by atoms with Crippen LogP contribution in [0.25, 0.3) is 0 Å². The Morgan fingerprint density at radius 2 is 1.88 bits per heavy atom. The van der Waals surface area contributed by atoms with Gasteiger partial charge in [-0.25, -0.2) is 0 Å². The third-order valence-electron chi connectivity index (χ3n) is 2.75. The van der Waals surface area contributed by atoms with E-state index in [1.807, 2.05) is 18.2 Å². The predicted molar refractivity (Wildman–Crippen MR) is 77.0 cm³/mol. The number of hydrogen-bond acceptors (Lipinski definition) is 1. The van der Waals surface area contributed by atoms with Crippen LogP contribution in [0.1, 0.15) is 45.7 Å². The minimum Gasteiger partial charge on any atom is -0.310 e. The Hall–Kier alpha value is -0.240. The average Bonchev–Trinajstić information content (AvgIpc) is 2.19. The number of hydrogen-bond donors (Lipinski definition) is 1. The molecule has 0 bridgehead atoms. The van der Waals surface area contributed by atoms with Crippen LogP contribution in [0, 0.1) is 5.41 Å². The van der Waals surface area contributed by atoms with E-state index in [1.54, 1.807) is 0 Å². The van der Waals surface area contributed by atoms with E-state index in [0.717, 1.165) is 28.6 Å². The molecule has 0 heterocycles. The van der Waals surface area contributed by atoms with Crippen LogP contribution in [-0.4, -0.2) is 6.54 Å². The molecule has 1 unspecified atom stereocenters. The van der Waals surface area contributed by atoms with Gasteiger partial charge in [0.25, 0.3) is 0 Å². The van der Waals surface area contributed by atoms with Gasteiger partial charge in [-0.15, -0.1) is 0 Å². The summed E-state index contributed by atoms with van der Waals surface area (Å²) in [6.45, 7) is 9.82. The quantitative estimate of drug-likeness (QED) is 0.807. The number of rotatable bonds is 4. The highest BCUT2D eigenvalue weighted by molar-refractivity contribution is 6.33. The lowest BCUT2D eigenvalue weighted by Gasteiger charge is -2.21. The van der Waals surface area contributed by atoms with Crippen LogP contribution in [0.4, 0.5) is 0 Å². The van der Waals surface area contributed by atoms with E-state index in [1.165, 1.54) is 0 Å². The van der Waals surface area contributed by atoms with Crippen LogP contribution in [-0.2, 0) is 0 Å². The van der Waals surface area contributed by atoms with Crippen LogP contribution in [0.3, 0.4) is 0 Å². The van der Waals surface area contributed by atoms with Crippen LogP contribution in [0.2, 0.25) is 10.0 Å². The van der Waals surface area contributed by atoms with Crippen LogP contribution in [0.5, 0.6) is 0 Å². The molecule has 1 nitrogen and oxygen atoms in total. The Labute approximate surface area is 115 Å². The van der Waals surface area contributed by atoms with Gasteiger partial charge < -0.3 is 5.32 Å². The fraction of sp³-hybridized carbons (Fsp3) is 0.571. The number of benzene rings is 1. The molecular formula is C14H21Cl2N. The summed E-state index contributed by atoms with van der Waals surface area (Å²) in [5, 5.41) is 4.98. The van der Waals surface area contributed by atoms with Gasteiger partial charge in [0, 0.05) is 16.1 Å². The van der Waals surface area contributed by atoms with Crippen molar-refractivity contribution in [2.24, 2.45) is 5.41 Å². The van der Waals surface area contributed by atoms with Crippen molar-refractivity contribution >= 4 is 23.2 Å². The zero-order valence-corrected chi connectivity index (χ0v) is 12.5. The van der Waals surface area contributed by atoms with Gasteiger partial charge in [0.1, 0.15) is 0 Å². The molecule has 1 aromatic carbocycles. The van der Waals surface area contributed by atoms with Gasteiger partial charge in [-0.1, -0.05) is 44.0 Å². The molecule has 17 heavy (non-hydrogen) atoms. The standard InChI is InChI=1S/C14H21Cl2N/c1-10(17-8-7-14(2,3)4)12-9-11(15)5-6-13(12)16/h5-6,9-10,17H,7-8H2,1-4H3. The van der Waals surface area contributed by atoms with E-state index in [0.29, 0.717) is 5.41 Å². The predicted octanol–water partition coefficient (Wildman–Crippen LogP) is 5.08. The van der Waals surface area contributed by atoms with Crippen molar-refractivity contribution in [2.75, 3.05) is 6.54 Å². The van der Waals surface area contributed by atoms with E-state index in [9.17, 15) is 0 Å². The van der Waals surface area contributed by atoms with Crippen molar-refractivity contribution in [1.82, 2.24) is 5.32 Å². The molecule has 0 spiro atoms. The molecule has 0 fully saturated rings. The second kappa shape index (κ2) is 6.08. The second-order valence-electron chi connectivity index (χ2n) is 5.65. The minimum atomic E-state index is 0.226. The lowest BCUT2D eigenvalue weighted by Crippen LogP contribution is -2.23. The first-order chi connectivity index (χ1) is 7.79. The van der Waals surface area contributed by atoms with Gasteiger partial charge in [0.15, 0.2) is 0 Å². The summed E-state index contributed by atoms with van der Waals surface area (Å²) >= 11 is 12.1. The SMILES string of the molecule is CC(NCCC(C)(C)C)c1cc(Cl)ccc1Cl. The van der Waals surface area contributed by atoms with Gasteiger partial charge in [-0.2, -0.15) is 0 Å². The average molecular weight is 274 g/mol.